The topological polar surface area (TPSA) is 102 Å². The monoisotopic (exact) mass is 337 g/mol. The van der Waals surface area contributed by atoms with Crippen molar-refractivity contribution in [1.29, 1.82) is 0 Å². The van der Waals surface area contributed by atoms with E-state index >= 15 is 0 Å². The van der Waals surface area contributed by atoms with Crippen molar-refractivity contribution in [3.05, 3.63) is 57.6 Å². The van der Waals surface area contributed by atoms with Gasteiger partial charge in [0.15, 0.2) is 5.96 Å². The van der Waals surface area contributed by atoms with E-state index in [4.69, 9.17) is 34.7 Å². The molecule has 2 aromatic rings. The molecule has 0 saturated heterocycles. The Labute approximate surface area is 137 Å². The molecule has 7 heteroatoms. The molecule has 5 nitrogen and oxygen atoms in total. The van der Waals surface area contributed by atoms with Crippen LogP contribution in [0, 0.1) is 0 Å². The third-order valence-electron chi connectivity index (χ3n) is 2.85. The van der Waals surface area contributed by atoms with Crippen molar-refractivity contribution in [1.82, 2.24) is 0 Å². The fraction of sp³-hybridized carbons (Fsp3) is 0.0667. The zero-order valence-corrected chi connectivity index (χ0v) is 12.9. The molecule has 0 unspecified atom stereocenters. The first-order valence-corrected chi connectivity index (χ1v) is 7.00. The van der Waals surface area contributed by atoms with E-state index in [1.807, 2.05) is 0 Å². The number of carbonyl (C=O) groups is 1. The van der Waals surface area contributed by atoms with Crippen LogP contribution in [0.25, 0.3) is 11.1 Å². The molecule has 0 aromatic heterocycles. The van der Waals surface area contributed by atoms with Crippen LogP contribution in [0.4, 0.5) is 0 Å². The van der Waals surface area contributed by atoms with Gasteiger partial charge in [-0.2, -0.15) is 4.99 Å². The summed E-state index contributed by atoms with van der Waals surface area (Å²) in [6.45, 7) is -0.232. The number of carbonyl (C=O) groups excluding carboxylic acids is 1. The van der Waals surface area contributed by atoms with Crippen molar-refractivity contribution >= 4 is 35.1 Å². The summed E-state index contributed by atoms with van der Waals surface area (Å²) in [6.07, 6.45) is 0. The van der Waals surface area contributed by atoms with Gasteiger partial charge in [-0.25, -0.2) is 0 Å². The maximum atomic E-state index is 12.0. The predicted molar refractivity (Wildman–Crippen MR) is 88.0 cm³/mol. The summed E-state index contributed by atoms with van der Waals surface area (Å²) in [6, 6.07) is 9.88. The molecule has 0 saturated carbocycles. The number of hydrogen-bond donors (Lipinski definition) is 3. The van der Waals surface area contributed by atoms with Crippen LogP contribution >= 0.6 is 23.2 Å². The normalized spacial score (nSPS) is 10.3. The van der Waals surface area contributed by atoms with Gasteiger partial charge in [-0.1, -0.05) is 23.2 Å². The minimum absolute atomic E-state index is 0.232. The van der Waals surface area contributed by atoms with Crippen molar-refractivity contribution in [3.8, 4) is 11.1 Å². The van der Waals surface area contributed by atoms with Gasteiger partial charge in [0.05, 0.1) is 6.61 Å². The van der Waals surface area contributed by atoms with Crippen molar-refractivity contribution in [2.45, 2.75) is 6.61 Å². The molecule has 0 radical (unpaired) electrons. The Kier molecular flexibility index (Phi) is 5.03. The van der Waals surface area contributed by atoms with Crippen molar-refractivity contribution < 1.29 is 9.90 Å². The first-order valence-electron chi connectivity index (χ1n) is 6.24. The summed E-state index contributed by atoms with van der Waals surface area (Å²) >= 11 is 12.0. The Morgan fingerprint density at radius 2 is 1.59 bits per heavy atom. The number of halogens is 2. The minimum atomic E-state index is -0.593. The maximum absolute atomic E-state index is 12.0. The lowest BCUT2D eigenvalue weighted by molar-refractivity contribution is 0.100. The highest BCUT2D eigenvalue weighted by molar-refractivity contribution is 6.35. The average Bonchev–Trinajstić information content (AvgIpc) is 2.45. The van der Waals surface area contributed by atoms with Gasteiger partial charge in [0.1, 0.15) is 0 Å². The van der Waals surface area contributed by atoms with E-state index in [0.717, 1.165) is 0 Å². The molecule has 0 aliphatic heterocycles. The third-order valence-corrected chi connectivity index (χ3v) is 3.29. The molecule has 0 bridgehead atoms. The number of hydrogen-bond acceptors (Lipinski definition) is 2. The van der Waals surface area contributed by atoms with Crippen molar-refractivity contribution in [2.75, 3.05) is 0 Å². The summed E-state index contributed by atoms with van der Waals surface area (Å²) < 4.78 is 0. The SMILES string of the molecule is NC(N)=NC(=O)c1cc(CO)cc(-c2cc(Cl)cc(Cl)c2)c1. The second kappa shape index (κ2) is 6.79. The lowest BCUT2D eigenvalue weighted by Gasteiger charge is -2.08. The molecule has 5 N–H and O–H groups in total. The van der Waals surface area contributed by atoms with E-state index < -0.39 is 5.91 Å². The van der Waals surface area contributed by atoms with Crippen molar-refractivity contribution in [2.24, 2.45) is 16.5 Å². The number of rotatable bonds is 3. The highest BCUT2D eigenvalue weighted by Gasteiger charge is 2.10. The Morgan fingerprint density at radius 1 is 1.00 bits per heavy atom. The Morgan fingerprint density at radius 3 is 2.14 bits per heavy atom. The number of benzene rings is 2. The maximum Gasteiger partial charge on any atom is 0.280 e. The number of nitrogens with zero attached hydrogens (tertiary/aromatic N) is 1. The second-order valence-corrected chi connectivity index (χ2v) is 5.45. The molecular formula is C15H13Cl2N3O2. The molecule has 2 aromatic carbocycles. The van der Waals surface area contributed by atoms with E-state index in [1.165, 1.54) is 6.07 Å². The van der Waals surface area contributed by atoms with Crippen LogP contribution in [0.2, 0.25) is 10.0 Å². The summed E-state index contributed by atoms with van der Waals surface area (Å²) in [5.41, 5.74) is 12.6. The van der Waals surface area contributed by atoms with Gasteiger partial charge in [-0.15, -0.1) is 0 Å². The standard InChI is InChI=1S/C15H13Cl2N3O2/c16-12-4-10(5-13(17)6-12)9-1-8(7-21)2-11(3-9)14(22)20-15(18)19/h1-6,21H,7H2,(H4,18,19,20,22). The zero-order valence-electron chi connectivity index (χ0n) is 11.4. The average molecular weight is 338 g/mol. The number of nitrogens with two attached hydrogens (primary N) is 2. The van der Waals surface area contributed by atoms with Gasteiger partial charge in [0.25, 0.3) is 5.91 Å². The fourth-order valence-corrected chi connectivity index (χ4v) is 2.50. The number of aliphatic hydroxyl groups is 1. The summed E-state index contributed by atoms with van der Waals surface area (Å²) in [5, 5.41) is 10.3. The quantitative estimate of drug-likeness (QED) is 0.591. The van der Waals surface area contributed by atoms with E-state index in [9.17, 15) is 9.90 Å². The van der Waals surface area contributed by atoms with E-state index in [0.29, 0.717) is 26.7 Å². The summed E-state index contributed by atoms with van der Waals surface area (Å²) in [4.78, 5) is 15.5. The molecule has 0 aliphatic carbocycles. The van der Waals surface area contributed by atoms with Crippen LogP contribution in [-0.2, 0) is 6.61 Å². The highest BCUT2D eigenvalue weighted by Crippen LogP contribution is 2.29. The zero-order chi connectivity index (χ0) is 16.3. The van der Waals surface area contributed by atoms with E-state index in [2.05, 4.69) is 4.99 Å². The molecular weight excluding hydrogens is 325 g/mol. The third kappa shape index (κ3) is 3.98. The summed E-state index contributed by atoms with van der Waals surface area (Å²) in [5.74, 6) is -0.920. The molecule has 22 heavy (non-hydrogen) atoms. The first-order chi connectivity index (χ1) is 10.4. The molecule has 114 valence electrons. The van der Waals surface area contributed by atoms with Gasteiger partial charge in [0, 0.05) is 15.6 Å². The van der Waals surface area contributed by atoms with E-state index in [-0.39, 0.29) is 18.1 Å². The number of amides is 1. The number of aliphatic imine (C=N–C) groups is 1. The molecule has 2 rings (SSSR count). The van der Waals surface area contributed by atoms with Crippen LogP contribution in [0.1, 0.15) is 15.9 Å². The number of aliphatic hydroxyl groups excluding tert-OH is 1. The summed E-state index contributed by atoms with van der Waals surface area (Å²) in [7, 11) is 0. The van der Waals surface area contributed by atoms with Crippen LogP contribution < -0.4 is 11.5 Å². The Hall–Kier alpha value is -2.08. The Bertz CT molecular complexity index is 736. The van der Waals surface area contributed by atoms with E-state index in [1.54, 1.807) is 30.3 Å². The smallest absolute Gasteiger partial charge is 0.280 e. The van der Waals surface area contributed by atoms with Crippen LogP contribution in [-0.4, -0.2) is 17.0 Å². The van der Waals surface area contributed by atoms with Crippen LogP contribution in [0.3, 0.4) is 0 Å². The lowest BCUT2D eigenvalue weighted by Crippen LogP contribution is -2.24. The van der Waals surface area contributed by atoms with Gasteiger partial charge >= 0.3 is 0 Å². The predicted octanol–water partition coefficient (Wildman–Crippen LogP) is 2.57. The van der Waals surface area contributed by atoms with Crippen LogP contribution in [0.5, 0.6) is 0 Å². The molecule has 0 aliphatic rings. The molecule has 1 amide bonds. The molecule has 0 atom stereocenters. The van der Waals surface area contributed by atoms with Gasteiger partial charge in [-0.3, -0.25) is 4.79 Å². The largest absolute Gasteiger partial charge is 0.392 e. The second-order valence-electron chi connectivity index (χ2n) is 4.58. The van der Waals surface area contributed by atoms with Crippen LogP contribution in [0.15, 0.2) is 41.4 Å². The van der Waals surface area contributed by atoms with Gasteiger partial charge < -0.3 is 16.6 Å². The molecule has 0 spiro atoms. The lowest BCUT2D eigenvalue weighted by atomic mass is 9.99. The highest BCUT2D eigenvalue weighted by atomic mass is 35.5. The van der Waals surface area contributed by atoms with Gasteiger partial charge in [0.2, 0.25) is 0 Å². The molecule has 0 heterocycles. The first kappa shape index (κ1) is 16.3. The molecule has 0 fully saturated rings. The Balaban J connectivity index is 2.56. The van der Waals surface area contributed by atoms with Gasteiger partial charge in [-0.05, 0) is 53.1 Å². The fourth-order valence-electron chi connectivity index (χ4n) is 1.98. The minimum Gasteiger partial charge on any atom is -0.392 e. The number of guanidine groups is 1. The van der Waals surface area contributed by atoms with Crippen molar-refractivity contribution in [3.63, 3.8) is 0 Å².